The van der Waals surface area contributed by atoms with Gasteiger partial charge in [0.25, 0.3) is 5.69 Å². The fraction of sp³-hybridized carbons (Fsp3) is 0.250. The summed E-state index contributed by atoms with van der Waals surface area (Å²) in [4.78, 5) is 21.0. The third-order valence-electron chi connectivity index (χ3n) is 2.12. The van der Waals surface area contributed by atoms with Gasteiger partial charge in [-0.1, -0.05) is 18.7 Å². The van der Waals surface area contributed by atoms with Crippen molar-refractivity contribution in [2.45, 2.75) is 13.3 Å². The van der Waals surface area contributed by atoms with E-state index in [0.717, 1.165) is 5.56 Å². The van der Waals surface area contributed by atoms with Crippen LogP contribution in [0.4, 0.5) is 5.69 Å². The van der Waals surface area contributed by atoms with E-state index in [-0.39, 0.29) is 12.3 Å². The van der Waals surface area contributed by atoms with Gasteiger partial charge in [0, 0.05) is 24.1 Å². The van der Waals surface area contributed by atoms with E-state index < -0.39 is 10.9 Å². The van der Waals surface area contributed by atoms with Gasteiger partial charge in [-0.2, -0.15) is 0 Å². The molecule has 1 aromatic rings. The standard InChI is InChI=1S/C12H13NO4/c1-9(2)12(14)17-8-7-10-3-5-11(6-4-10)13(15)16/h3-6H,1,7-8H2,2H3. The zero-order valence-corrected chi connectivity index (χ0v) is 9.51. The Morgan fingerprint density at radius 3 is 2.47 bits per heavy atom. The average molecular weight is 235 g/mol. The fourth-order valence-electron chi connectivity index (χ4n) is 1.17. The number of carbonyl (C=O) groups is 1. The van der Waals surface area contributed by atoms with Gasteiger partial charge in [-0.05, 0) is 12.5 Å². The van der Waals surface area contributed by atoms with Crippen LogP contribution in [0.1, 0.15) is 12.5 Å². The summed E-state index contributed by atoms with van der Waals surface area (Å²) in [6, 6.07) is 6.14. The van der Waals surface area contributed by atoms with E-state index in [1.54, 1.807) is 19.1 Å². The second-order valence-corrected chi connectivity index (χ2v) is 3.59. The molecule has 0 spiro atoms. The molecular weight excluding hydrogens is 222 g/mol. The molecule has 0 aliphatic heterocycles. The summed E-state index contributed by atoms with van der Waals surface area (Å²) < 4.78 is 4.91. The maximum Gasteiger partial charge on any atom is 0.333 e. The summed E-state index contributed by atoms with van der Waals surface area (Å²) in [6.45, 7) is 5.28. The van der Waals surface area contributed by atoms with Gasteiger partial charge in [0.15, 0.2) is 0 Å². The van der Waals surface area contributed by atoms with Crippen molar-refractivity contribution in [1.82, 2.24) is 0 Å². The molecule has 1 aromatic carbocycles. The van der Waals surface area contributed by atoms with Crippen LogP contribution in [0.2, 0.25) is 0 Å². The number of esters is 1. The van der Waals surface area contributed by atoms with Gasteiger partial charge >= 0.3 is 5.97 Å². The van der Waals surface area contributed by atoms with Crippen LogP contribution in [0.5, 0.6) is 0 Å². The predicted molar refractivity (Wildman–Crippen MR) is 62.6 cm³/mol. The first-order valence-corrected chi connectivity index (χ1v) is 5.06. The molecule has 0 aromatic heterocycles. The number of carbonyl (C=O) groups excluding carboxylic acids is 1. The molecular formula is C12H13NO4. The Morgan fingerprint density at radius 1 is 1.41 bits per heavy atom. The van der Waals surface area contributed by atoms with Crippen LogP contribution < -0.4 is 0 Å². The van der Waals surface area contributed by atoms with E-state index in [4.69, 9.17) is 4.74 Å². The fourth-order valence-corrected chi connectivity index (χ4v) is 1.17. The van der Waals surface area contributed by atoms with Crippen molar-refractivity contribution in [3.63, 3.8) is 0 Å². The maximum atomic E-state index is 11.1. The number of rotatable bonds is 5. The van der Waals surface area contributed by atoms with Crippen molar-refractivity contribution in [2.24, 2.45) is 0 Å². The summed E-state index contributed by atoms with van der Waals surface area (Å²) in [5, 5.41) is 10.4. The number of non-ortho nitro benzene ring substituents is 1. The number of hydrogen-bond donors (Lipinski definition) is 0. The number of benzene rings is 1. The minimum Gasteiger partial charge on any atom is -0.462 e. The molecule has 0 aliphatic carbocycles. The van der Waals surface area contributed by atoms with Gasteiger partial charge in [0.05, 0.1) is 11.5 Å². The molecule has 0 unspecified atom stereocenters. The molecule has 0 heterocycles. The molecule has 0 bridgehead atoms. The quantitative estimate of drug-likeness (QED) is 0.339. The van der Waals surface area contributed by atoms with E-state index in [9.17, 15) is 14.9 Å². The minimum atomic E-state index is -0.453. The Morgan fingerprint density at radius 2 is 2.00 bits per heavy atom. The maximum absolute atomic E-state index is 11.1. The molecule has 0 radical (unpaired) electrons. The zero-order chi connectivity index (χ0) is 12.8. The summed E-state index contributed by atoms with van der Waals surface area (Å²) >= 11 is 0. The van der Waals surface area contributed by atoms with Crippen molar-refractivity contribution >= 4 is 11.7 Å². The number of nitrogens with zero attached hydrogens (tertiary/aromatic N) is 1. The molecule has 0 saturated carbocycles. The van der Waals surface area contributed by atoms with Crippen LogP contribution >= 0.6 is 0 Å². The van der Waals surface area contributed by atoms with Crippen LogP contribution in [0, 0.1) is 10.1 Å². The highest BCUT2D eigenvalue weighted by Crippen LogP contribution is 2.12. The molecule has 0 aliphatic rings. The third-order valence-corrected chi connectivity index (χ3v) is 2.12. The van der Waals surface area contributed by atoms with Crippen LogP contribution in [0.3, 0.4) is 0 Å². The monoisotopic (exact) mass is 235 g/mol. The lowest BCUT2D eigenvalue weighted by Crippen LogP contribution is -2.07. The lowest BCUT2D eigenvalue weighted by molar-refractivity contribution is -0.384. The van der Waals surface area contributed by atoms with Gasteiger partial charge in [-0.25, -0.2) is 4.79 Å². The molecule has 90 valence electrons. The molecule has 1 rings (SSSR count). The van der Waals surface area contributed by atoms with Gasteiger partial charge in [0.1, 0.15) is 0 Å². The number of hydrogen-bond acceptors (Lipinski definition) is 4. The summed E-state index contributed by atoms with van der Waals surface area (Å²) in [6.07, 6.45) is 0.525. The first-order valence-electron chi connectivity index (χ1n) is 5.06. The second kappa shape index (κ2) is 5.79. The minimum absolute atomic E-state index is 0.0488. The highest BCUT2D eigenvalue weighted by molar-refractivity contribution is 5.86. The van der Waals surface area contributed by atoms with Crippen LogP contribution in [0.25, 0.3) is 0 Å². The molecule has 0 amide bonds. The van der Waals surface area contributed by atoms with E-state index in [0.29, 0.717) is 12.0 Å². The largest absolute Gasteiger partial charge is 0.462 e. The van der Waals surface area contributed by atoms with Crippen LogP contribution in [-0.4, -0.2) is 17.5 Å². The Kier molecular flexibility index (Phi) is 4.39. The van der Waals surface area contributed by atoms with E-state index in [1.165, 1.54) is 12.1 Å². The SMILES string of the molecule is C=C(C)C(=O)OCCc1ccc([N+](=O)[O-])cc1. The Labute approximate surface area is 98.9 Å². The summed E-state index contributed by atoms with van der Waals surface area (Å²) in [5.74, 6) is -0.424. The molecule has 0 N–H and O–H groups in total. The molecule has 5 nitrogen and oxygen atoms in total. The third kappa shape index (κ3) is 4.06. The predicted octanol–water partition coefficient (Wildman–Crippen LogP) is 2.26. The van der Waals surface area contributed by atoms with E-state index in [2.05, 4.69) is 6.58 Å². The molecule has 0 fully saturated rings. The average Bonchev–Trinajstić information content (AvgIpc) is 2.29. The van der Waals surface area contributed by atoms with Crippen molar-refractivity contribution in [3.8, 4) is 0 Å². The van der Waals surface area contributed by atoms with E-state index in [1.807, 2.05) is 0 Å². The molecule has 0 atom stereocenters. The van der Waals surface area contributed by atoms with Gasteiger partial charge in [0.2, 0.25) is 0 Å². The Hall–Kier alpha value is -2.17. The molecule has 17 heavy (non-hydrogen) atoms. The Bertz CT molecular complexity index is 436. The lowest BCUT2D eigenvalue weighted by atomic mass is 10.1. The van der Waals surface area contributed by atoms with Crippen LogP contribution in [0.15, 0.2) is 36.4 Å². The lowest BCUT2D eigenvalue weighted by Gasteiger charge is -2.04. The normalized spacial score (nSPS) is 9.71. The smallest absolute Gasteiger partial charge is 0.333 e. The summed E-state index contributed by atoms with van der Waals surface area (Å²) in [5.41, 5.74) is 1.28. The topological polar surface area (TPSA) is 69.4 Å². The number of ether oxygens (including phenoxy) is 1. The van der Waals surface area contributed by atoms with Crippen LogP contribution in [-0.2, 0) is 16.0 Å². The molecule has 0 saturated heterocycles. The highest BCUT2D eigenvalue weighted by atomic mass is 16.6. The zero-order valence-electron chi connectivity index (χ0n) is 9.51. The highest BCUT2D eigenvalue weighted by Gasteiger charge is 2.05. The van der Waals surface area contributed by atoms with Gasteiger partial charge < -0.3 is 4.74 Å². The first-order chi connectivity index (χ1) is 8.00. The van der Waals surface area contributed by atoms with E-state index >= 15 is 0 Å². The van der Waals surface area contributed by atoms with Gasteiger partial charge in [-0.3, -0.25) is 10.1 Å². The number of nitro groups is 1. The summed E-state index contributed by atoms with van der Waals surface area (Å²) in [7, 11) is 0. The van der Waals surface area contributed by atoms with Crippen molar-refractivity contribution in [2.75, 3.05) is 6.61 Å². The first kappa shape index (κ1) is 12.9. The number of nitro benzene ring substituents is 1. The van der Waals surface area contributed by atoms with Gasteiger partial charge in [-0.15, -0.1) is 0 Å². The Balaban J connectivity index is 2.45. The second-order valence-electron chi connectivity index (χ2n) is 3.59. The molecule has 5 heteroatoms. The van der Waals surface area contributed by atoms with Crippen molar-refractivity contribution < 1.29 is 14.5 Å². The van der Waals surface area contributed by atoms with Crippen molar-refractivity contribution in [3.05, 3.63) is 52.1 Å². The van der Waals surface area contributed by atoms with Crippen molar-refractivity contribution in [1.29, 1.82) is 0 Å².